The van der Waals surface area contributed by atoms with Crippen LogP contribution in [-0.4, -0.2) is 45.9 Å². The Labute approximate surface area is 203 Å². The van der Waals surface area contributed by atoms with Crippen molar-refractivity contribution < 1.29 is 23.5 Å². The number of hydrogen-bond acceptors (Lipinski definition) is 5. The van der Waals surface area contributed by atoms with Crippen molar-refractivity contribution in [2.75, 3.05) is 24.5 Å². The van der Waals surface area contributed by atoms with E-state index in [0.29, 0.717) is 12.1 Å². The molecule has 2 aromatic carbocycles. The SMILES string of the molecule is O=C(O)N[C@@H](Cn1c(=O)c(N2CCNCC2=O)cn(Cc2c(F)cccc2F)c1=O)c1ccccc1. The highest BCUT2D eigenvalue weighted by Gasteiger charge is 2.26. The Balaban J connectivity index is 1.86. The minimum atomic E-state index is -1.38. The average Bonchev–Trinajstić information content (AvgIpc) is 2.85. The number of carbonyl (C=O) groups excluding carboxylic acids is 1. The van der Waals surface area contributed by atoms with Crippen molar-refractivity contribution in [1.82, 2.24) is 19.8 Å². The first kappa shape index (κ1) is 24.8. The molecule has 36 heavy (non-hydrogen) atoms. The van der Waals surface area contributed by atoms with Crippen LogP contribution in [0.5, 0.6) is 0 Å². The van der Waals surface area contributed by atoms with E-state index in [9.17, 15) is 33.1 Å². The average molecular weight is 499 g/mol. The molecule has 1 aliphatic rings. The van der Waals surface area contributed by atoms with E-state index in [4.69, 9.17) is 0 Å². The molecule has 4 rings (SSSR count). The Morgan fingerprint density at radius 1 is 1.06 bits per heavy atom. The van der Waals surface area contributed by atoms with Gasteiger partial charge >= 0.3 is 11.8 Å². The summed E-state index contributed by atoms with van der Waals surface area (Å²) < 4.78 is 30.5. The summed E-state index contributed by atoms with van der Waals surface area (Å²) in [4.78, 5) is 52.0. The van der Waals surface area contributed by atoms with Crippen LogP contribution in [0.3, 0.4) is 0 Å². The highest BCUT2D eigenvalue weighted by molar-refractivity contribution is 5.95. The number of hydrogen-bond donors (Lipinski definition) is 3. The van der Waals surface area contributed by atoms with E-state index in [-0.39, 0.29) is 18.8 Å². The van der Waals surface area contributed by atoms with Crippen molar-refractivity contribution in [2.45, 2.75) is 19.1 Å². The molecule has 0 unspecified atom stereocenters. The maximum Gasteiger partial charge on any atom is 0.405 e. The summed E-state index contributed by atoms with van der Waals surface area (Å²) in [7, 11) is 0. The van der Waals surface area contributed by atoms with E-state index in [1.165, 1.54) is 11.0 Å². The standard InChI is InChI=1S/C24H23F2N5O5/c25-17-7-4-8-18(26)16(17)12-29-14-20(30-10-9-27-11-21(30)32)22(33)31(24(29)36)13-19(28-23(34)35)15-5-2-1-3-6-15/h1-8,14,19,27-28H,9-13H2,(H,34,35)/t19-/m0/s1. The van der Waals surface area contributed by atoms with E-state index >= 15 is 0 Å². The van der Waals surface area contributed by atoms with E-state index in [0.717, 1.165) is 27.5 Å². The first-order chi connectivity index (χ1) is 17.3. The molecular formula is C24H23F2N5O5. The fraction of sp³-hybridized carbons (Fsp3) is 0.250. The molecule has 188 valence electrons. The second-order valence-electron chi connectivity index (χ2n) is 8.18. The van der Waals surface area contributed by atoms with Crippen LogP contribution in [0.2, 0.25) is 0 Å². The van der Waals surface area contributed by atoms with Crippen LogP contribution in [0.4, 0.5) is 19.3 Å². The van der Waals surface area contributed by atoms with Crippen molar-refractivity contribution in [3.05, 3.63) is 98.3 Å². The topological polar surface area (TPSA) is 126 Å². The quantitative estimate of drug-likeness (QED) is 0.450. The van der Waals surface area contributed by atoms with Crippen molar-refractivity contribution in [1.29, 1.82) is 0 Å². The Hall–Kier alpha value is -4.32. The molecule has 2 amide bonds. The fourth-order valence-electron chi connectivity index (χ4n) is 4.06. The van der Waals surface area contributed by atoms with Crippen molar-refractivity contribution >= 4 is 17.7 Å². The smallest absolute Gasteiger partial charge is 0.405 e. The Bertz CT molecular complexity index is 1390. The summed E-state index contributed by atoms with van der Waals surface area (Å²) >= 11 is 0. The van der Waals surface area contributed by atoms with E-state index < -0.39 is 59.6 Å². The van der Waals surface area contributed by atoms with Crippen LogP contribution in [0.15, 0.2) is 64.3 Å². The maximum absolute atomic E-state index is 14.4. The molecule has 1 saturated heterocycles. The van der Waals surface area contributed by atoms with Gasteiger partial charge in [-0.2, -0.15) is 0 Å². The second kappa shape index (κ2) is 10.5. The van der Waals surface area contributed by atoms with Crippen molar-refractivity contribution in [2.24, 2.45) is 0 Å². The van der Waals surface area contributed by atoms with Crippen LogP contribution in [0.1, 0.15) is 17.2 Å². The zero-order valence-corrected chi connectivity index (χ0v) is 19.0. The van der Waals surface area contributed by atoms with Crippen molar-refractivity contribution in [3.8, 4) is 0 Å². The van der Waals surface area contributed by atoms with Gasteiger partial charge in [0, 0.05) is 24.8 Å². The predicted octanol–water partition coefficient (Wildman–Crippen LogP) is 1.28. The van der Waals surface area contributed by atoms with Gasteiger partial charge in [0.25, 0.3) is 5.56 Å². The van der Waals surface area contributed by atoms with E-state index in [2.05, 4.69) is 10.6 Å². The number of piperazine rings is 1. The number of benzene rings is 2. The Kier molecular flexibility index (Phi) is 7.25. The van der Waals surface area contributed by atoms with Gasteiger partial charge in [-0.3, -0.25) is 18.7 Å². The third-order valence-corrected chi connectivity index (χ3v) is 5.85. The van der Waals surface area contributed by atoms with Gasteiger partial charge in [-0.1, -0.05) is 36.4 Å². The molecule has 10 nitrogen and oxygen atoms in total. The number of carboxylic acid groups (broad SMARTS) is 1. The summed E-state index contributed by atoms with van der Waals surface area (Å²) in [6.45, 7) is -0.474. The number of amides is 2. The first-order valence-corrected chi connectivity index (χ1v) is 11.1. The lowest BCUT2D eigenvalue weighted by atomic mass is 10.1. The van der Waals surface area contributed by atoms with Gasteiger partial charge in [0.05, 0.1) is 25.7 Å². The Morgan fingerprint density at radius 3 is 2.39 bits per heavy atom. The molecule has 1 atom stereocenters. The largest absolute Gasteiger partial charge is 0.465 e. The molecule has 0 bridgehead atoms. The molecule has 0 saturated carbocycles. The third kappa shape index (κ3) is 5.18. The van der Waals surface area contributed by atoms with Crippen LogP contribution < -0.4 is 26.8 Å². The van der Waals surface area contributed by atoms with E-state index in [1.54, 1.807) is 30.3 Å². The van der Waals surface area contributed by atoms with Gasteiger partial charge in [0.2, 0.25) is 5.91 Å². The molecular weight excluding hydrogens is 476 g/mol. The van der Waals surface area contributed by atoms with Crippen LogP contribution >= 0.6 is 0 Å². The predicted molar refractivity (Wildman–Crippen MR) is 126 cm³/mol. The normalized spacial score (nSPS) is 14.5. The highest BCUT2D eigenvalue weighted by atomic mass is 19.1. The molecule has 2 heterocycles. The third-order valence-electron chi connectivity index (χ3n) is 5.85. The van der Waals surface area contributed by atoms with Gasteiger partial charge in [0.1, 0.15) is 17.3 Å². The Morgan fingerprint density at radius 2 is 1.75 bits per heavy atom. The van der Waals surface area contributed by atoms with Crippen LogP contribution in [0, 0.1) is 11.6 Å². The number of halogens is 2. The van der Waals surface area contributed by atoms with Crippen LogP contribution in [0.25, 0.3) is 0 Å². The zero-order chi connectivity index (χ0) is 25.8. The number of carbonyl (C=O) groups is 2. The first-order valence-electron chi connectivity index (χ1n) is 11.1. The lowest BCUT2D eigenvalue weighted by Crippen LogP contribution is -2.52. The molecule has 0 spiro atoms. The molecule has 1 aliphatic heterocycles. The number of rotatable bonds is 7. The number of aromatic nitrogens is 2. The second-order valence-corrected chi connectivity index (χ2v) is 8.18. The van der Waals surface area contributed by atoms with Gasteiger partial charge < -0.3 is 20.6 Å². The van der Waals surface area contributed by atoms with Gasteiger partial charge in [-0.05, 0) is 17.7 Å². The number of nitrogens with zero attached hydrogens (tertiary/aromatic N) is 3. The minimum absolute atomic E-state index is 0.0340. The summed E-state index contributed by atoms with van der Waals surface area (Å²) in [6.07, 6.45) is -0.266. The molecule has 12 heteroatoms. The maximum atomic E-state index is 14.4. The lowest BCUT2D eigenvalue weighted by Gasteiger charge is -2.28. The summed E-state index contributed by atoms with van der Waals surface area (Å²) in [6, 6.07) is 10.6. The molecule has 0 radical (unpaired) electrons. The van der Waals surface area contributed by atoms with Gasteiger partial charge in [-0.15, -0.1) is 0 Å². The summed E-state index contributed by atoms with van der Waals surface area (Å²) in [5.74, 6) is -2.18. The van der Waals surface area contributed by atoms with E-state index in [1.807, 2.05) is 0 Å². The fourth-order valence-corrected chi connectivity index (χ4v) is 4.06. The molecule has 3 aromatic rings. The summed E-state index contributed by atoms with van der Waals surface area (Å²) in [5, 5.41) is 14.5. The number of nitrogens with one attached hydrogen (secondary N) is 2. The van der Waals surface area contributed by atoms with Gasteiger partial charge in [-0.25, -0.2) is 18.4 Å². The zero-order valence-electron chi connectivity index (χ0n) is 19.0. The number of anilines is 1. The summed E-state index contributed by atoms with van der Waals surface area (Å²) in [5.41, 5.74) is -1.80. The monoisotopic (exact) mass is 499 g/mol. The molecule has 1 fully saturated rings. The highest BCUT2D eigenvalue weighted by Crippen LogP contribution is 2.17. The van der Waals surface area contributed by atoms with Crippen molar-refractivity contribution in [3.63, 3.8) is 0 Å². The lowest BCUT2D eigenvalue weighted by molar-refractivity contribution is -0.118. The molecule has 3 N–H and O–H groups in total. The molecule has 0 aliphatic carbocycles. The van der Waals surface area contributed by atoms with Gasteiger partial charge in [0.15, 0.2) is 0 Å². The minimum Gasteiger partial charge on any atom is -0.465 e. The molecule has 1 aromatic heterocycles. The van der Waals surface area contributed by atoms with Crippen LogP contribution in [-0.2, 0) is 17.9 Å².